The zero-order chi connectivity index (χ0) is 23.0. The molecule has 0 spiro atoms. The van der Waals surface area contributed by atoms with Gasteiger partial charge in [0, 0.05) is 9.37 Å². The third kappa shape index (κ3) is 6.34. The molecule has 0 aromatic heterocycles. The Kier molecular flexibility index (Phi) is 9.59. The van der Waals surface area contributed by atoms with E-state index < -0.39 is 16.6 Å². The molecule has 7 heteroatoms. The summed E-state index contributed by atoms with van der Waals surface area (Å²) in [6, 6.07) is 15.4. The highest BCUT2D eigenvalue weighted by molar-refractivity contribution is 9.10. The summed E-state index contributed by atoms with van der Waals surface area (Å²) >= 11 is 5.02. The molecule has 0 aliphatic rings. The molecular formula is C24H30BrNO4S. The van der Waals surface area contributed by atoms with Crippen LogP contribution in [0.2, 0.25) is 0 Å². The van der Waals surface area contributed by atoms with Crippen molar-refractivity contribution in [3.05, 3.63) is 58.6 Å². The van der Waals surface area contributed by atoms with Gasteiger partial charge in [0.15, 0.2) is 5.78 Å². The van der Waals surface area contributed by atoms with Crippen LogP contribution in [0.4, 0.5) is 0 Å². The lowest BCUT2D eigenvalue weighted by atomic mass is 9.72. The Balaban J connectivity index is 2.47. The van der Waals surface area contributed by atoms with E-state index in [1.807, 2.05) is 69.3 Å². The van der Waals surface area contributed by atoms with Crippen molar-refractivity contribution >= 4 is 39.4 Å². The number of rotatable bonds is 11. The van der Waals surface area contributed by atoms with Crippen LogP contribution in [-0.2, 0) is 20.8 Å². The second kappa shape index (κ2) is 11.7. The topological polar surface area (TPSA) is 78.6 Å². The molecule has 2 aromatic rings. The standard InChI is InChI=1S/C24H30BrNO4S/c1-5-24(15-16(2)3,23(28)30-26)22(27)21(31-20-9-7-6-8-19(20)25)14-17-10-12-18(29-4)13-11-17/h6-13,16,21H,5,14-15,26H2,1-4H3/t21?,24-/m0/s1. The van der Waals surface area contributed by atoms with Crippen molar-refractivity contribution in [3.63, 3.8) is 0 Å². The minimum absolute atomic E-state index is 0.123. The first-order valence-corrected chi connectivity index (χ1v) is 11.9. The molecule has 0 bridgehead atoms. The quantitative estimate of drug-likeness (QED) is 0.242. The Hall–Kier alpha value is -1.83. The summed E-state index contributed by atoms with van der Waals surface area (Å²) < 4.78 is 6.14. The maximum atomic E-state index is 14.0. The van der Waals surface area contributed by atoms with Crippen molar-refractivity contribution in [1.82, 2.24) is 0 Å². The number of ketones is 1. The lowest BCUT2D eigenvalue weighted by Gasteiger charge is -2.33. The molecule has 0 amide bonds. The van der Waals surface area contributed by atoms with Crippen LogP contribution in [0.25, 0.3) is 0 Å². The number of nitrogens with two attached hydrogens (primary N) is 1. The maximum Gasteiger partial charge on any atom is 0.338 e. The Bertz CT molecular complexity index is 887. The van der Waals surface area contributed by atoms with Gasteiger partial charge in [-0.25, -0.2) is 4.79 Å². The normalized spacial score (nSPS) is 14.0. The second-order valence-electron chi connectivity index (χ2n) is 7.89. The first kappa shape index (κ1) is 25.4. The molecular weight excluding hydrogens is 478 g/mol. The predicted molar refractivity (Wildman–Crippen MR) is 128 cm³/mol. The highest BCUT2D eigenvalue weighted by atomic mass is 79.9. The second-order valence-corrected chi connectivity index (χ2v) is 9.99. The van der Waals surface area contributed by atoms with E-state index in [-0.39, 0.29) is 11.7 Å². The minimum atomic E-state index is -1.28. The average Bonchev–Trinajstić information content (AvgIpc) is 2.77. The Morgan fingerprint density at radius 2 is 1.77 bits per heavy atom. The first-order chi connectivity index (χ1) is 14.8. The predicted octanol–water partition coefficient (Wildman–Crippen LogP) is 5.59. The SMILES string of the molecule is CC[C@@](CC(C)C)(C(=O)ON)C(=O)C(Cc1ccc(OC)cc1)Sc1ccccc1Br. The smallest absolute Gasteiger partial charge is 0.338 e. The van der Waals surface area contributed by atoms with Gasteiger partial charge in [0.25, 0.3) is 0 Å². The Morgan fingerprint density at radius 1 is 1.13 bits per heavy atom. The monoisotopic (exact) mass is 507 g/mol. The van der Waals surface area contributed by atoms with Crippen LogP contribution < -0.4 is 10.6 Å². The molecule has 2 N–H and O–H groups in total. The van der Waals surface area contributed by atoms with E-state index in [0.29, 0.717) is 19.3 Å². The highest BCUT2D eigenvalue weighted by Crippen LogP contribution is 2.40. The van der Waals surface area contributed by atoms with Gasteiger partial charge in [-0.2, -0.15) is 5.90 Å². The largest absolute Gasteiger partial charge is 0.497 e. The molecule has 0 heterocycles. The molecule has 0 radical (unpaired) electrons. The molecule has 0 aliphatic carbocycles. The first-order valence-electron chi connectivity index (χ1n) is 10.3. The number of Topliss-reactive ketones (excluding diaryl/α,β-unsaturated/α-hetero) is 1. The van der Waals surface area contributed by atoms with Crippen LogP contribution in [-0.4, -0.2) is 24.1 Å². The number of hydrogen-bond acceptors (Lipinski definition) is 6. The van der Waals surface area contributed by atoms with E-state index in [1.54, 1.807) is 7.11 Å². The van der Waals surface area contributed by atoms with Crippen LogP contribution in [0.1, 0.15) is 39.2 Å². The van der Waals surface area contributed by atoms with Crippen molar-refractivity contribution in [1.29, 1.82) is 0 Å². The van der Waals surface area contributed by atoms with Crippen LogP contribution in [0.15, 0.2) is 57.9 Å². The zero-order valence-electron chi connectivity index (χ0n) is 18.4. The van der Waals surface area contributed by atoms with Gasteiger partial charge in [-0.1, -0.05) is 45.0 Å². The number of halogens is 1. The fraction of sp³-hybridized carbons (Fsp3) is 0.417. The molecule has 0 aliphatic heterocycles. The van der Waals surface area contributed by atoms with Gasteiger partial charge < -0.3 is 9.57 Å². The number of carbonyl (C=O) groups excluding carboxylic acids is 2. The molecule has 2 aromatic carbocycles. The summed E-state index contributed by atoms with van der Waals surface area (Å²) in [6.07, 6.45) is 1.18. The van der Waals surface area contributed by atoms with E-state index in [0.717, 1.165) is 20.7 Å². The lowest BCUT2D eigenvalue weighted by Crippen LogP contribution is -2.47. The Morgan fingerprint density at radius 3 is 2.29 bits per heavy atom. The molecule has 1 unspecified atom stereocenters. The van der Waals surface area contributed by atoms with Crippen molar-refractivity contribution < 1.29 is 19.2 Å². The number of methoxy groups -OCH3 is 1. The molecule has 0 saturated carbocycles. The van der Waals surface area contributed by atoms with Crippen LogP contribution in [0.5, 0.6) is 5.75 Å². The van der Waals surface area contributed by atoms with Gasteiger partial charge in [0.1, 0.15) is 11.2 Å². The fourth-order valence-corrected chi connectivity index (χ4v) is 5.54. The number of ether oxygens (including phenoxy) is 1. The van der Waals surface area contributed by atoms with E-state index in [2.05, 4.69) is 20.8 Å². The summed E-state index contributed by atoms with van der Waals surface area (Å²) in [5.74, 6) is 5.33. The number of carbonyl (C=O) groups is 2. The number of benzene rings is 2. The molecule has 2 rings (SSSR count). The van der Waals surface area contributed by atoms with E-state index in [1.165, 1.54) is 11.8 Å². The molecule has 0 fully saturated rings. The van der Waals surface area contributed by atoms with Crippen molar-refractivity contribution in [2.45, 2.75) is 50.2 Å². The van der Waals surface area contributed by atoms with Crippen molar-refractivity contribution in [3.8, 4) is 5.75 Å². The van der Waals surface area contributed by atoms with E-state index in [9.17, 15) is 9.59 Å². The number of thioether (sulfide) groups is 1. The van der Waals surface area contributed by atoms with E-state index in [4.69, 9.17) is 10.6 Å². The number of hydrogen-bond donors (Lipinski definition) is 1. The summed E-state index contributed by atoms with van der Waals surface area (Å²) in [5.41, 5.74) is -0.303. The zero-order valence-corrected chi connectivity index (χ0v) is 20.8. The molecule has 0 saturated heterocycles. The third-order valence-corrected chi connectivity index (χ3v) is 7.54. The molecule has 168 valence electrons. The average molecular weight is 508 g/mol. The van der Waals surface area contributed by atoms with Gasteiger partial charge in [0.05, 0.1) is 12.4 Å². The fourth-order valence-electron chi connectivity index (χ4n) is 3.72. The molecule has 5 nitrogen and oxygen atoms in total. The van der Waals surface area contributed by atoms with Gasteiger partial charge in [-0.05, 0) is 70.9 Å². The van der Waals surface area contributed by atoms with E-state index >= 15 is 0 Å². The lowest BCUT2D eigenvalue weighted by molar-refractivity contribution is -0.162. The summed E-state index contributed by atoms with van der Waals surface area (Å²) in [7, 11) is 1.62. The van der Waals surface area contributed by atoms with Gasteiger partial charge in [-0.3, -0.25) is 4.79 Å². The third-order valence-electron chi connectivity index (χ3n) is 5.31. The highest BCUT2D eigenvalue weighted by Gasteiger charge is 2.48. The molecule has 2 atom stereocenters. The summed E-state index contributed by atoms with van der Waals surface area (Å²) in [5, 5.41) is -0.495. The van der Waals surface area contributed by atoms with Crippen molar-refractivity contribution in [2.24, 2.45) is 17.2 Å². The summed E-state index contributed by atoms with van der Waals surface area (Å²) in [4.78, 5) is 32.3. The van der Waals surface area contributed by atoms with Gasteiger partial charge in [0.2, 0.25) is 0 Å². The summed E-state index contributed by atoms with van der Waals surface area (Å²) in [6.45, 7) is 5.81. The van der Waals surface area contributed by atoms with Gasteiger partial charge in [-0.15, -0.1) is 11.8 Å². The molecule has 31 heavy (non-hydrogen) atoms. The maximum absolute atomic E-state index is 14.0. The minimum Gasteiger partial charge on any atom is -0.497 e. The van der Waals surface area contributed by atoms with Crippen LogP contribution in [0, 0.1) is 11.3 Å². The van der Waals surface area contributed by atoms with Gasteiger partial charge >= 0.3 is 5.97 Å². The van der Waals surface area contributed by atoms with Crippen LogP contribution >= 0.6 is 27.7 Å². The van der Waals surface area contributed by atoms with Crippen molar-refractivity contribution in [2.75, 3.05) is 7.11 Å². The van der Waals surface area contributed by atoms with Crippen LogP contribution in [0.3, 0.4) is 0 Å². The Labute approximate surface area is 197 Å².